The molecule has 21 heavy (non-hydrogen) atoms. The van der Waals surface area contributed by atoms with E-state index in [0.29, 0.717) is 21.8 Å². The van der Waals surface area contributed by atoms with Gasteiger partial charge in [-0.15, -0.1) is 0 Å². The van der Waals surface area contributed by atoms with E-state index in [4.69, 9.17) is 29.6 Å². The maximum absolute atomic E-state index is 12.3. The van der Waals surface area contributed by atoms with Gasteiger partial charge in [-0.1, -0.05) is 36.0 Å². The van der Waals surface area contributed by atoms with Crippen molar-refractivity contribution in [3.63, 3.8) is 0 Å². The van der Waals surface area contributed by atoms with Crippen LogP contribution in [0.25, 0.3) is 0 Å². The quantitative estimate of drug-likeness (QED) is 0.568. The monoisotopic (exact) mass is 430 g/mol. The summed E-state index contributed by atoms with van der Waals surface area (Å²) in [4.78, 5) is 12.6. The van der Waals surface area contributed by atoms with Crippen molar-refractivity contribution in [3.8, 4) is 0 Å². The van der Waals surface area contributed by atoms with Crippen LogP contribution in [-0.4, -0.2) is 10.9 Å². The van der Waals surface area contributed by atoms with E-state index in [-0.39, 0.29) is 10.9 Å². The fraction of sp³-hybridized carbons (Fsp3) is 0.0667. The summed E-state index contributed by atoms with van der Waals surface area (Å²) in [7, 11) is 0. The molecule has 0 heterocycles. The molecule has 3 nitrogen and oxygen atoms in total. The van der Waals surface area contributed by atoms with E-state index in [1.54, 1.807) is 24.3 Å². The Morgan fingerprint density at radius 2 is 2.05 bits per heavy atom. The van der Waals surface area contributed by atoms with Crippen molar-refractivity contribution >= 4 is 63.0 Å². The number of halogens is 2. The minimum atomic E-state index is -0.201. The zero-order chi connectivity index (χ0) is 15.6. The van der Waals surface area contributed by atoms with Gasteiger partial charge in [-0.2, -0.15) is 0 Å². The van der Waals surface area contributed by atoms with E-state index >= 15 is 0 Å². The summed E-state index contributed by atoms with van der Waals surface area (Å²) < 4.78 is 0.920. The molecule has 3 N–H and O–H groups in total. The highest BCUT2D eigenvalue weighted by atomic mass is 127. The summed E-state index contributed by atoms with van der Waals surface area (Å²) in [5.74, 6) is -0.201. The number of nitrogens with one attached hydrogen (secondary N) is 1. The zero-order valence-corrected chi connectivity index (χ0v) is 14.8. The van der Waals surface area contributed by atoms with Gasteiger partial charge in [-0.3, -0.25) is 4.79 Å². The molecule has 0 spiro atoms. The number of rotatable bonds is 3. The summed E-state index contributed by atoms with van der Waals surface area (Å²) >= 11 is 13.2. The topological polar surface area (TPSA) is 55.1 Å². The highest BCUT2D eigenvalue weighted by molar-refractivity contribution is 14.1. The van der Waals surface area contributed by atoms with Crippen LogP contribution >= 0.6 is 46.4 Å². The van der Waals surface area contributed by atoms with E-state index in [0.717, 1.165) is 9.13 Å². The lowest BCUT2D eigenvalue weighted by Crippen LogP contribution is -2.15. The number of thiocarbonyl (C=S) groups is 1. The molecule has 6 heteroatoms. The van der Waals surface area contributed by atoms with Crippen molar-refractivity contribution in [1.82, 2.24) is 0 Å². The molecule has 0 aliphatic heterocycles. The molecule has 0 fully saturated rings. The Balaban J connectivity index is 2.28. The normalized spacial score (nSPS) is 10.2. The van der Waals surface area contributed by atoms with E-state index in [1.165, 1.54) is 0 Å². The molecule has 2 rings (SSSR count). The van der Waals surface area contributed by atoms with E-state index < -0.39 is 0 Å². The van der Waals surface area contributed by atoms with Crippen molar-refractivity contribution < 1.29 is 4.79 Å². The number of amides is 1. The predicted octanol–water partition coefficient (Wildman–Crippen LogP) is 4.14. The predicted molar refractivity (Wildman–Crippen MR) is 99.2 cm³/mol. The van der Waals surface area contributed by atoms with Gasteiger partial charge in [0.15, 0.2) is 0 Å². The Morgan fingerprint density at radius 1 is 1.33 bits per heavy atom. The van der Waals surface area contributed by atoms with Gasteiger partial charge in [0.05, 0.1) is 16.3 Å². The molecular formula is C15H12ClIN2OS. The van der Waals surface area contributed by atoms with Gasteiger partial charge in [0.25, 0.3) is 5.91 Å². The zero-order valence-electron chi connectivity index (χ0n) is 11.1. The second-order valence-electron chi connectivity index (χ2n) is 4.45. The van der Waals surface area contributed by atoms with Gasteiger partial charge >= 0.3 is 0 Å². The maximum Gasteiger partial charge on any atom is 0.256 e. The second kappa shape index (κ2) is 6.72. The van der Waals surface area contributed by atoms with Gasteiger partial charge in [-0.05, 0) is 59.3 Å². The molecule has 0 saturated carbocycles. The van der Waals surface area contributed by atoms with Crippen molar-refractivity contribution in [2.75, 3.05) is 5.32 Å². The highest BCUT2D eigenvalue weighted by Crippen LogP contribution is 2.25. The molecular weight excluding hydrogens is 419 g/mol. The number of anilines is 1. The number of carbonyl (C=O) groups excluding carboxylic acids is 1. The molecule has 0 aromatic heterocycles. The molecule has 0 aliphatic rings. The Bertz CT molecular complexity index is 734. The third-order valence-corrected chi connectivity index (χ3v) is 4.92. The number of aryl methyl sites for hydroxylation is 1. The lowest BCUT2D eigenvalue weighted by Gasteiger charge is -2.10. The van der Waals surface area contributed by atoms with Gasteiger partial charge in [0, 0.05) is 9.13 Å². The standard InChI is InChI=1S/C15H12ClIN2OS/c1-8-3-2-4-10(13(8)17)15(20)19-12-6-5-9(14(18)21)7-11(12)16/h2-7H,1H3,(H2,18,21)(H,19,20). The average molecular weight is 431 g/mol. The summed E-state index contributed by atoms with van der Waals surface area (Å²) in [6, 6.07) is 10.6. The fourth-order valence-corrected chi connectivity index (χ4v) is 2.74. The summed E-state index contributed by atoms with van der Waals surface area (Å²) in [6.45, 7) is 1.96. The van der Waals surface area contributed by atoms with Crippen LogP contribution in [0.15, 0.2) is 36.4 Å². The SMILES string of the molecule is Cc1cccc(C(=O)Nc2ccc(C(N)=S)cc2Cl)c1I. The van der Waals surface area contributed by atoms with Crippen LogP contribution in [0.5, 0.6) is 0 Å². The molecule has 0 atom stereocenters. The van der Waals surface area contributed by atoms with Crippen LogP contribution in [0.1, 0.15) is 21.5 Å². The minimum Gasteiger partial charge on any atom is -0.389 e. The van der Waals surface area contributed by atoms with Crippen molar-refractivity contribution in [1.29, 1.82) is 0 Å². The Kier molecular flexibility index (Phi) is 5.18. The Hall–Kier alpha value is -1.18. The number of carbonyl (C=O) groups is 1. The van der Waals surface area contributed by atoms with Crippen molar-refractivity contribution in [2.24, 2.45) is 5.73 Å². The van der Waals surface area contributed by atoms with Crippen molar-refractivity contribution in [3.05, 3.63) is 61.7 Å². The molecule has 1 amide bonds. The number of nitrogens with two attached hydrogens (primary N) is 1. The van der Waals surface area contributed by atoms with Crippen LogP contribution in [0.4, 0.5) is 5.69 Å². The molecule has 0 saturated heterocycles. The smallest absolute Gasteiger partial charge is 0.256 e. The molecule has 2 aromatic rings. The van der Waals surface area contributed by atoms with Gasteiger partial charge in [-0.25, -0.2) is 0 Å². The number of hydrogen-bond donors (Lipinski definition) is 2. The lowest BCUT2D eigenvalue weighted by atomic mass is 10.1. The highest BCUT2D eigenvalue weighted by Gasteiger charge is 2.13. The van der Waals surface area contributed by atoms with Gasteiger partial charge in [0.1, 0.15) is 4.99 Å². The van der Waals surface area contributed by atoms with Crippen LogP contribution in [0.3, 0.4) is 0 Å². The van der Waals surface area contributed by atoms with Gasteiger partial charge < -0.3 is 11.1 Å². The summed E-state index contributed by atoms with van der Waals surface area (Å²) in [5.41, 5.74) is 8.41. The molecule has 0 aliphatic carbocycles. The Morgan fingerprint density at radius 3 is 2.67 bits per heavy atom. The number of benzene rings is 2. The van der Waals surface area contributed by atoms with Crippen LogP contribution < -0.4 is 11.1 Å². The van der Waals surface area contributed by atoms with E-state index in [2.05, 4.69) is 27.9 Å². The van der Waals surface area contributed by atoms with Crippen molar-refractivity contribution in [2.45, 2.75) is 6.92 Å². The molecule has 108 valence electrons. The largest absolute Gasteiger partial charge is 0.389 e. The minimum absolute atomic E-state index is 0.201. The average Bonchev–Trinajstić information content (AvgIpc) is 2.43. The molecule has 0 radical (unpaired) electrons. The Labute approximate surface area is 147 Å². The third kappa shape index (κ3) is 3.72. The van der Waals surface area contributed by atoms with Crippen LogP contribution in [0, 0.1) is 10.5 Å². The first kappa shape index (κ1) is 16.2. The molecule has 2 aromatic carbocycles. The lowest BCUT2D eigenvalue weighted by molar-refractivity contribution is 0.102. The first-order valence-corrected chi connectivity index (χ1v) is 7.92. The first-order valence-electron chi connectivity index (χ1n) is 6.06. The van der Waals surface area contributed by atoms with Crippen LogP contribution in [-0.2, 0) is 0 Å². The third-order valence-electron chi connectivity index (χ3n) is 2.94. The summed E-state index contributed by atoms with van der Waals surface area (Å²) in [5, 5.41) is 3.20. The fourth-order valence-electron chi connectivity index (χ4n) is 1.78. The maximum atomic E-state index is 12.3. The van der Waals surface area contributed by atoms with Gasteiger partial charge in [0.2, 0.25) is 0 Å². The van der Waals surface area contributed by atoms with E-state index in [9.17, 15) is 4.79 Å². The second-order valence-corrected chi connectivity index (χ2v) is 6.38. The van der Waals surface area contributed by atoms with Crippen LogP contribution in [0.2, 0.25) is 5.02 Å². The first-order chi connectivity index (χ1) is 9.90. The molecule has 0 bridgehead atoms. The summed E-state index contributed by atoms with van der Waals surface area (Å²) in [6.07, 6.45) is 0. The number of hydrogen-bond acceptors (Lipinski definition) is 2. The van der Waals surface area contributed by atoms with E-state index in [1.807, 2.05) is 19.1 Å². The molecule has 0 unspecified atom stereocenters.